The first-order chi connectivity index (χ1) is 12.5. The van der Waals surface area contributed by atoms with E-state index in [-0.39, 0.29) is 12.3 Å². The zero-order valence-corrected chi connectivity index (χ0v) is 14.7. The molecule has 8 heteroatoms. The summed E-state index contributed by atoms with van der Waals surface area (Å²) < 4.78 is 15.9. The van der Waals surface area contributed by atoms with E-state index in [0.717, 1.165) is 0 Å². The molecule has 1 spiro atoms. The van der Waals surface area contributed by atoms with Gasteiger partial charge in [0.15, 0.2) is 5.79 Å². The van der Waals surface area contributed by atoms with Crippen LogP contribution in [0.1, 0.15) is 29.6 Å². The van der Waals surface area contributed by atoms with Crippen molar-refractivity contribution in [2.24, 2.45) is 0 Å². The van der Waals surface area contributed by atoms with E-state index in [0.29, 0.717) is 50.4 Å². The Morgan fingerprint density at radius 2 is 1.73 bits per heavy atom. The molecule has 1 N–H and O–H groups in total. The third kappa shape index (κ3) is 4.20. The molecule has 0 saturated carbocycles. The van der Waals surface area contributed by atoms with E-state index in [4.69, 9.17) is 9.47 Å². The lowest BCUT2D eigenvalue weighted by molar-refractivity contribution is -0.187. The summed E-state index contributed by atoms with van der Waals surface area (Å²) in [6.45, 7) is 2.20. The summed E-state index contributed by atoms with van der Waals surface area (Å²) in [6, 6.07) is 6.28. The van der Waals surface area contributed by atoms with Crippen LogP contribution in [-0.4, -0.2) is 61.9 Å². The second-order valence-corrected chi connectivity index (χ2v) is 6.28. The molecule has 0 aromatic heterocycles. The molecule has 2 saturated heterocycles. The van der Waals surface area contributed by atoms with Crippen LogP contribution in [-0.2, 0) is 23.8 Å². The number of hydrogen-bond donors (Lipinski definition) is 1. The predicted molar refractivity (Wildman–Crippen MR) is 91.5 cm³/mol. The number of esters is 1. The molecule has 2 aliphatic heterocycles. The summed E-state index contributed by atoms with van der Waals surface area (Å²) in [4.78, 5) is 37.4. The van der Waals surface area contributed by atoms with Gasteiger partial charge in [0.05, 0.1) is 25.9 Å². The highest BCUT2D eigenvalue weighted by molar-refractivity contribution is 6.03. The van der Waals surface area contributed by atoms with E-state index < -0.39 is 17.7 Å². The van der Waals surface area contributed by atoms with E-state index in [1.807, 2.05) is 0 Å². The van der Waals surface area contributed by atoms with Crippen molar-refractivity contribution in [2.75, 3.05) is 38.7 Å². The highest BCUT2D eigenvalue weighted by Crippen LogP contribution is 2.31. The molecule has 0 unspecified atom stereocenters. The van der Waals surface area contributed by atoms with Crippen LogP contribution < -0.4 is 5.32 Å². The van der Waals surface area contributed by atoms with Gasteiger partial charge in [0.2, 0.25) is 11.8 Å². The van der Waals surface area contributed by atoms with E-state index >= 15 is 0 Å². The number of carbonyl (C=O) groups excluding carboxylic acids is 3. The minimum atomic E-state index is -0.541. The normalized spacial score (nSPS) is 18.6. The Labute approximate surface area is 151 Å². The fourth-order valence-electron chi connectivity index (χ4n) is 3.14. The number of rotatable bonds is 4. The van der Waals surface area contributed by atoms with Crippen LogP contribution in [0.25, 0.3) is 0 Å². The van der Waals surface area contributed by atoms with Gasteiger partial charge in [-0.2, -0.15) is 0 Å². The molecule has 3 rings (SSSR count). The molecule has 2 heterocycles. The zero-order valence-electron chi connectivity index (χ0n) is 14.7. The van der Waals surface area contributed by atoms with Crippen LogP contribution in [0.5, 0.6) is 0 Å². The standard InChI is InChI=1S/C18H22N2O6/c1-24-17(23)13-2-4-14(5-3-13)19-15(21)12-16(22)20-8-6-18(7-9-20)25-10-11-26-18/h2-5H,6-12H2,1H3,(H,19,21). The van der Waals surface area contributed by atoms with Gasteiger partial charge in [0.25, 0.3) is 0 Å². The van der Waals surface area contributed by atoms with Crippen molar-refractivity contribution >= 4 is 23.5 Å². The largest absolute Gasteiger partial charge is 0.465 e. The number of benzene rings is 1. The van der Waals surface area contributed by atoms with Crippen LogP contribution in [0, 0.1) is 0 Å². The smallest absolute Gasteiger partial charge is 0.337 e. The van der Waals surface area contributed by atoms with Gasteiger partial charge in [-0.05, 0) is 24.3 Å². The highest BCUT2D eigenvalue weighted by Gasteiger charge is 2.40. The van der Waals surface area contributed by atoms with Crippen LogP contribution in [0.15, 0.2) is 24.3 Å². The number of piperidine rings is 1. The van der Waals surface area contributed by atoms with Crippen molar-refractivity contribution in [1.29, 1.82) is 0 Å². The van der Waals surface area contributed by atoms with Gasteiger partial charge in [-0.15, -0.1) is 0 Å². The van der Waals surface area contributed by atoms with Gasteiger partial charge in [0.1, 0.15) is 6.42 Å². The van der Waals surface area contributed by atoms with Crippen LogP contribution in [0.2, 0.25) is 0 Å². The van der Waals surface area contributed by atoms with Gasteiger partial charge in [-0.1, -0.05) is 0 Å². The van der Waals surface area contributed by atoms with Gasteiger partial charge < -0.3 is 24.4 Å². The average molecular weight is 362 g/mol. The Morgan fingerprint density at radius 3 is 2.31 bits per heavy atom. The molecule has 0 aliphatic carbocycles. The topological polar surface area (TPSA) is 94.2 Å². The third-order valence-corrected chi connectivity index (χ3v) is 4.59. The number of ether oxygens (including phenoxy) is 3. The van der Waals surface area contributed by atoms with Crippen molar-refractivity contribution in [3.05, 3.63) is 29.8 Å². The van der Waals surface area contributed by atoms with Crippen molar-refractivity contribution in [2.45, 2.75) is 25.0 Å². The van der Waals surface area contributed by atoms with E-state index in [2.05, 4.69) is 10.1 Å². The SMILES string of the molecule is COC(=O)c1ccc(NC(=O)CC(=O)N2CCC3(CC2)OCCO3)cc1. The lowest BCUT2D eigenvalue weighted by atomic mass is 10.0. The molecule has 8 nitrogen and oxygen atoms in total. The van der Waals surface area contributed by atoms with E-state index in [1.54, 1.807) is 29.2 Å². The minimum Gasteiger partial charge on any atom is -0.465 e. The third-order valence-electron chi connectivity index (χ3n) is 4.59. The van der Waals surface area contributed by atoms with Crippen LogP contribution in [0.4, 0.5) is 5.69 Å². The summed E-state index contributed by atoms with van der Waals surface area (Å²) in [7, 11) is 1.30. The van der Waals surface area contributed by atoms with Crippen LogP contribution in [0.3, 0.4) is 0 Å². The van der Waals surface area contributed by atoms with Gasteiger partial charge in [-0.3, -0.25) is 9.59 Å². The molecule has 0 radical (unpaired) electrons. The number of nitrogens with zero attached hydrogens (tertiary/aromatic N) is 1. The number of hydrogen-bond acceptors (Lipinski definition) is 6. The predicted octanol–water partition coefficient (Wildman–Crippen LogP) is 1.17. The molecule has 0 atom stereocenters. The number of carbonyl (C=O) groups is 3. The monoisotopic (exact) mass is 362 g/mol. The highest BCUT2D eigenvalue weighted by atomic mass is 16.7. The Kier molecular flexibility index (Phi) is 5.53. The Balaban J connectivity index is 1.47. The number of anilines is 1. The Bertz CT molecular complexity index is 671. The van der Waals surface area contributed by atoms with E-state index in [9.17, 15) is 14.4 Å². The summed E-state index contributed by atoms with van der Waals surface area (Å²) in [5.41, 5.74) is 0.904. The molecule has 2 aliphatic rings. The van der Waals surface area contributed by atoms with Crippen molar-refractivity contribution in [3.63, 3.8) is 0 Å². The maximum atomic E-state index is 12.3. The molecule has 1 aromatic carbocycles. The van der Waals surface area contributed by atoms with Crippen molar-refractivity contribution in [3.8, 4) is 0 Å². The zero-order chi connectivity index (χ0) is 18.6. The van der Waals surface area contributed by atoms with E-state index in [1.165, 1.54) is 7.11 Å². The number of amides is 2. The van der Waals surface area contributed by atoms with Crippen LogP contribution >= 0.6 is 0 Å². The summed E-state index contributed by atoms with van der Waals surface area (Å²) in [6.07, 6.45) is 1.01. The van der Waals surface area contributed by atoms with Gasteiger partial charge >= 0.3 is 5.97 Å². The second kappa shape index (κ2) is 7.84. The molecule has 26 heavy (non-hydrogen) atoms. The first kappa shape index (κ1) is 18.3. The Morgan fingerprint density at radius 1 is 1.12 bits per heavy atom. The maximum Gasteiger partial charge on any atom is 0.337 e. The average Bonchev–Trinajstić information content (AvgIpc) is 3.10. The van der Waals surface area contributed by atoms with Gasteiger partial charge in [-0.25, -0.2) is 4.79 Å². The molecule has 0 bridgehead atoms. The first-order valence-electron chi connectivity index (χ1n) is 8.55. The summed E-state index contributed by atoms with van der Waals surface area (Å²) in [5.74, 6) is -1.60. The summed E-state index contributed by atoms with van der Waals surface area (Å²) in [5, 5.41) is 2.66. The molecule has 1 aromatic rings. The summed E-state index contributed by atoms with van der Waals surface area (Å²) >= 11 is 0. The Hall–Kier alpha value is -2.45. The number of nitrogens with one attached hydrogen (secondary N) is 1. The molecular weight excluding hydrogens is 340 g/mol. The second-order valence-electron chi connectivity index (χ2n) is 6.28. The molecule has 2 fully saturated rings. The number of likely N-dealkylation sites (tertiary alicyclic amines) is 1. The number of methoxy groups -OCH3 is 1. The molecular formula is C18H22N2O6. The van der Waals surface area contributed by atoms with Gasteiger partial charge in [0, 0.05) is 31.6 Å². The lowest BCUT2D eigenvalue weighted by Crippen LogP contribution is -2.47. The lowest BCUT2D eigenvalue weighted by Gasteiger charge is -2.37. The molecule has 2 amide bonds. The van der Waals surface area contributed by atoms with Crippen molar-refractivity contribution in [1.82, 2.24) is 4.90 Å². The quantitative estimate of drug-likeness (QED) is 0.638. The fraction of sp³-hybridized carbons (Fsp3) is 0.500. The maximum absolute atomic E-state index is 12.3. The van der Waals surface area contributed by atoms with Crippen molar-refractivity contribution < 1.29 is 28.6 Å². The molecule has 140 valence electrons. The fourth-order valence-corrected chi connectivity index (χ4v) is 3.14. The first-order valence-corrected chi connectivity index (χ1v) is 8.55. The minimum absolute atomic E-state index is 0.221.